The first kappa shape index (κ1) is 16.8. The molecule has 1 aromatic rings. The summed E-state index contributed by atoms with van der Waals surface area (Å²) in [6.45, 7) is 0.174. The minimum Gasteiger partial charge on any atom is -0.224 e. The fourth-order valence-electron chi connectivity index (χ4n) is 1.27. The molecule has 0 heterocycles. The van der Waals surface area contributed by atoms with E-state index in [9.17, 15) is 21.2 Å². The molecule has 0 radical (unpaired) electrons. The van der Waals surface area contributed by atoms with Crippen molar-refractivity contribution >= 4 is 42.5 Å². The zero-order valence-corrected chi connectivity index (χ0v) is 13.8. The molecule has 0 fully saturated rings. The predicted octanol–water partition coefficient (Wildman–Crippen LogP) is 1.33. The number of halogens is 2. The molecule has 0 aliphatic rings. The van der Waals surface area contributed by atoms with Crippen molar-refractivity contribution in [2.24, 2.45) is 0 Å². The lowest BCUT2D eigenvalue weighted by atomic mass is 10.3. The van der Waals surface area contributed by atoms with E-state index in [0.717, 1.165) is 28.9 Å². The van der Waals surface area contributed by atoms with Gasteiger partial charge in [-0.25, -0.2) is 25.9 Å². The summed E-state index contributed by atoms with van der Waals surface area (Å²) in [5.41, 5.74) is 0. The maximum absolute atomic E-state index is 13.5. The second-order valence-electron chi connectivity index (χ2n) is 3.80. The van der Waals surface area contributed by atoms with Gasteiger partial charge >= 0.3 is 0 Å². The highest BCUT2D eigenvalue weighted by atomic mass is 127. The Balaban J connectivity index is 3.19. The Morgan fingerprint density at radius 3 is 2.42 bits per heavy atom. The van der Waals surface area contributed by atoms with Gasteiger partial charge in [0.05, 0.1) is 4.90 Å². The topological polar surface area (TPSA) is 80.3 Å². The van der Waals surface area contributed by atoms with E-state index < -0.39 is 30.6 Å². The Morgan fingerprint density at radius 1 is 1.26 bits per heavy atom. The van der Waals surface area contributed by atoms with Crippen LogP contribution in [0, 0.1) is 5.82 Å². The van der Waals surface area contributed by atoms with Gasteiger partial charge in [0.15, 0.2) is 9.84 Å². The van der Waals surface area contributed by atoms with Crippen molar-refractivity contribution in [3.8, 4) is 0 Å². The molecular weight excluding hydrogens is 408 g/mol. The molecule has 9 heteroatoms. The molecule has 0 aliphatic carbocycles. The highest BCUT2D eigenvalue weighted by Gasteiger charge is 2.21. The average molecular weight is 421 g/mol. The summed E-state index contributed by atoms with van der Waals surface area (Å²) in [6.07, 6.45) is 1.54. The smallest absolute Gasteiger partial charge is 0.224 e. The fraction of sp³-hybridized carbons (Fsp3) is 0.400. The summed E-state index contributed by atoms with van der Waals surface area (Å²) in [5, 5.41) is 0. The maximum Gasteiger partial charge on any atom is 0.243 e. The van der Waals surface area contributed by atoms with Crippen LogP contribution in [0.1, 0.15) is 6.42 Å². The zero-order chi connectivity index (χ0) is 14.7. The van der Waals surface area contributed by atoms with E-state index in [-0.39, 0.29) is 11.4 Å². The minimum absolute atomic E-state index is 0.174. The summed E-state index contributed by atoms with van der Waals surface area (Å²) in [7, 11) is -7.63. The van der Waals surface area contributed by atoms with Gasteiger partial charge in [-0.05, 0) is 24.6 Å². The molecule has 0 unspecified atom stereocenters. The highest BCUT2D eigenvalue weighted by Crippen LogP contribution is 2.19. The number of nitrogens with one attached hydrogen (secondary N) is 1. The number of hydrogen-bond donors (Lipinski definition) is 1. The third-order valence-corrected chi connectivity index (χ3v) is 5.57. The molecule has 0 aromatic heterocycles. The lowest BCUT2D eigenvalue weighted by molar-refractivity contribution is 0.555. The zero-order valence-electron chi connectivity index (χ0n) is 10.1. The normalized spacial score (nSPS) is 12.6. The van der Waals surface area contributed by atoms with Crippen molar-refractivity contribution in [1.82, 2.24) is 4.72 Å². The first-order valence-electron chi connectivity index (χ1n) is 5.24. The number of sulfone groups is 1. The van der Waals surface area contributed by atoms with E-state index >= 15 is 0 Å². The summed E-state index contributed by atoms with van der Waals surface area (Å²) >= 11 is 2.09. The van der Waals surface area contributed by atoms with Crippen molar-refractivity contribution in [3.05, 3.63) is 24.0 Å². The van der Waals surface area contributed by atoms with Gasteiger partial charge in [-0.15, -0.1) is 0 Å². The first-order valence-corrected chi connectivity index (χ1v) is 10.1. The van der Waals surface area contributed by atoms with E-state index in [0.29, 0.717) is 6.42 Å². The van der Waals surface area contributed by atoms with Crippen LogP contribution in [0.25, 0.3) is 0 Å². The van der Waals surface area contributed by atoms with Crippen molar-refractivity contribution < 1.29 is 21.2 Å². The van der Waals surface area contributed by atoms with E-state index in [4.69, 9.17) is 0 Å². The molecule has 5 nitrogen and oxygen atoms in total. The molecule has 0 bridgehead atoms. The third-order valence-electron chi connectivity index (χ3n) is 2.22. The van der Waals surface area contributed by atoms with Crippen LogP contribution in [0.4, 0.5) is 4.39 Å². The monoisotopic (exact) mass is 421 g/mol. The highest BCUT2D eigenvalue weighted by molar-refractivity contribution is 14.1. The Bertz CT molecular complexity index is 658. The van der Waals surface area contributed by atoms with Gasteiger partial charge in [0.2, 0.25) is 10.0 Å². The van der Waals surface area contributed by atoms with E-state index in [1.54, 1.807) is 0 Å². The molecule has 108 valence electrons. The van der Waals surface area contributed by atoms with Crippen LogP contribution in [-0.2, 0) is 19.9 Å². The molecule has 1 rings (SSSR count). The van der Waals surface area contributed by atoms with Crippen LogP contribution in [0.15, 0.2) is 28.0 Å². The van der Waals surface area contributed by atoms with Crippen LogP contribution in [0.2, 0.25) is 0 Å². The second-order valence-corrected chi connectivity index (χ2v) is 8.63. The predicted molar refractivity (Wildman–Crippen MR) is 78.2 cm³/mol. The number of sulfonamides is 1. The average Bonchev–Trinajstić information content (AvgIpc) is 2.27. The van der Waals surface area contributed by atoms with E-state index in [1.165, 1.54) is 0 Å². The molecule has 0 aliphatic heterocycles. The molecule has 0 spiro atoms. The summed E-state index contributed by atoms with van der Waals surface area (Å²) in [4.78, 5) is -0.882. The molecular formula is C10H13FINO4S2. The van der Waals surface area contributed by atoms with Crippen molar-refractivity contribution in [1.29, 1.82) is 0 Å². The lowest BCUT2D eigenvalue weighted by Crippen LogP contribution is -2.26. The molecule has 1 aromatic carbocycles. The third kappa shape index (κ3) is 4.65. The summed E-state index contributed by atoms with van der Waals surface area (Å²) in [6, 6.07) is 2.70. The number of hydrogen-bond acceptors (Lipinski definition) is 4. The summed E-state index contributed by atoms with van der Waals surface area (Å²) in [5.74, 6) is -0.977. The number of alkyl halides is 1. The van der Waals surface area contributed by atoms with Gasteiger partial charge in [-0.1, -0.05) is 22.6 Å². The Morgan fingerprint density at radius 2 is 1.89 bits per heavy atom. The van der Waals surface area contributed by atoms with Crippen molar-refractivity contribution in [2.45, 2.75) is 16.2 Å². The van der Waals surface area contributed by atoms with Crippen molar-refractivity contribution in [3.63, 3.8) is 0 Å². The SMILES string of the molecule is CS(=O)(=O)c1ccc(F)c(S(=O)(=O)NCCCI)c1. The standard InChI is InChI=1S/C10H13FINO4S2/c1-18(14,15)8-3-4-9(11)10(7-8)19(16,17)13-6-2-5-12/h3-4,7,13H,2,5-6H2,1H3. The number of benzene rings is 1. The Hall–Kier alpha value is -0.260. The fourth-order valence-corrected chi connectivity index (χ4v) is 3.55. The van der Waals surface area contributed by atoms with Gasteiger partial charge in [0.1, 0.15) is 10.7 Å². The van der Waals surface area contributed by atoms with Crippen LogP contribution in [0.5, 0.6) is 0 Å². The Kier molecular flexibility index (Phi) is 5.71. The minimum atomic E-state index is -4.04. The molecule has 19 heavy (non-hydrogen) atoms. The number of rotatable bonds is 6. The van der Waals surface area contributed by atoms with E-state index in [1.807, 2.05) is 0 Å². The van der Waals surface area contributed by atoms with Gasteiger partial charge < -0.3 is 0 Å². The molecule has 0 saturated heterocycles. The van der Waals surface area contributed by atoms with Gasteiger partial charge in [-0.3, -0.25) is 0 Å². The van der Waals surface area contributed by atoms with Crippen molar-refractivity contribution in [2.75, 3.05) is 17.2 Å². The van der Waals surface area contributed by atoms with Crippen LogP contribution < -0.4 is 4.72 Å². The molecule has 1 N–H and O–H groups in total. The molecule has 0 atom stereocenters. The summed E-state index contributed by atoms with van der Waals surface area (Å²) < 4.78 is 62.9. The molecule has 0 saturated carbocycles. The van der Waals surface area contributed by atoms with Crippen LogP contribution >= 0.6 is 22.6 Å². The second kappa shape index (κ2) is 6.46. The van der Waals surface area contributed by atoms with E-state index in [2.05, 4.69) is 27.3 Å². The quantitative estimate of drug-likeness (QED) is 0.325. The van der Waals surface area contributed by atoms with Gasteiger partial charge in [0, 0.05) is 17.2 Å². The van der Waals surface area contributed by atoms with Gasteiger partial charge in [-0.2, -0.15) is 0 Å². The Labute approximate surface area is 125 Å². The lowest BCUT2D eigenvalue weighted by Gasteiger charge is -2.08. The first-order chi connectivity index (χ1) is 8.68. The van der Waals surface area contributed by atoms with Crippen LogP contribution in [-0.4, -0.2) is 34.1 Å². The maximum atomic E-state index is 13.5. The van der Waals surface area contributed by atoms with Gasteiger partial charge in [0.25, 0.3) is 0 Å². The largest absolute Gasteiger partial charge is 0.243 e. The molecule has 0 amide bonds. The van der Waals surface area contributed by atoms with Crippen LogP contribution in [0.3, 0.4) is 0 Å².